The first kappa shape index (κ1) is 8.61. The van der Waals surface area contributed by atoms with Gasteiger partial charge in [0, 0.05) is 17.8 Å². The molecule has 0 amide bonds. The molecule has 4 heteroatoms. The fourth-order valence-corrected chi connectivity index (χ4v) is 1.50. The summed E-state index contributed by atoms with van der Waals surface area (Å²) in [6, 6.07) is 0. The van der Waals surface area contributed by atoms with Crippen LogP contribution < -0.4 is 0 Å². The van der Waals surface area contributed by atoms with E-state index in [9.17, 15) is 0 Å². The van der Waals surface area contributed by atoms with E-state index in [4.69, 9.17) is 11.3 Å². The molecule has 0 atom stereocenters. The highest BCUT2D eigenvalue weighted by atomic mass is 127. The monoisotopic (exact) mass is 262 g/mol. The largest absolute Gasteiger partial charge is 0.574 e. The van der Waals surface area contributed by atoms with E-state index in [1.165, 1.54) is 3.22 Å². The van der Waals surface area contributed by atoms with Crippen molar-refractivity contribution >= 4 is 31.2 Å². The molecule has 0 aromatic heterocycles. The van der Waals surface area contributed by atoms with E-state index in [1.807, 2.05) is 6.08 Å². The molecule has 0 saturated carbocycles. The van der Waals surface area contributed by atoms with Gasteiger partial charge in [0.1, 0.15) is 0 Å². The molecule has 0 radical (unpaired) electrons. The van der Waals surface area contributed by atoms with Crippen molar-refractivity contribution in [2.24, 2.45) is 0 Å². The molecule has 0 aromatic rings. The molecule has 1 aliphatic rings. The third kappa shape index (κ3) is 2.23. The molecule has 0 fully saturated rings. The number of hydrogen-bond donors (Lipinski definition) is 1. The molecule has 1 rings (SSSR count). The van der Waals surface area contributed by atoms with Gasteiger partial charge in [-0.25, -0.2) is 0 Å². The lowest BCUT2D eigenvalue weighted by atomic mass is 10.1. The van der Waals surface area contributed by atoms with Gasteiger partial charge < -0.3 is 14.5 Å². The SMILES string of the molecule is C=IN([NH-])C1=CCC(=N)C=C1. The topological polar surface area (TPSA) is 50.9 Å². The van der Waals surface area contributed by atoms with Crippen molar-refractivity contribution < 1.29 is 0 Å². The summed E-state index contributed by atoms with van der Waals surface area (Å²) >= 11 is -0.435. The van der Waals surface area contributed by atoms with Crippen LogP contribution in [0.4, 0.5) is 0 Å². The van der Waals surface area contributed by atoms with E-state index < -0.39 is 21.0 Å². The quantitative estimate of drug-likeness (QED) is 0.463. The van der Waals surface area contributed by atoms with Gasteiger partial charge in [0.25, 0.3) is 0 Å². The molecule has 0 unspecified atom stereocenters. The summed E-state index contributed by atoms with van der Waals surface area (Å²) in [5.41, 5.74) is 1.48. The molecule has 0 spiro atoms. The summed E-state index contributed by atoms with van der Waals surface area (Å²) in [6.45, 7) is 0. The van der Waals surface area contributed by atoms with E-state index >= 15 is 0 Å². The summed E-state index contributed by atoms with van der Waals surface area (Å²) < 4.78 is 5.12. The Balaban J connectivity index is 2.70. The maximum Gasteiger partial charge on any atom is 0.0353 e. The van der Waals surface area contributed by atoms with Crippen LogP contribution in [0.15, 0.2) is 23.9 Å². The summed E-state index contributed by atoms with van der Waals surface area (Å²) in [5.74, 6) is 7.41. The molecule has 3 nitrogen and oxygen atoms in total. The minimum absolute atomic E-state index is 0.435. The number of allylic oxidation sites excluding steroid dienone is 3. The van der Waals surface area contributed by atoms with E-state index in [2.05, 4.69) is 4.51 Å². The van der Waals surface area contributed by atoms with Crippen molar-refractivity contribution in [3.8, 4) is 0 Å². The average Bonchev–Trinajstić information content (AvgIpc) is 2.05. The van der Waals surface area contributed by atoms with Gasteiger partial charge in [-0.05, 0) is 33.2 Å². The first-order valence-corrected chi connectivity index (χ1v) is 5.59. The third-order valence-corrected chi connectivity index (χ3v) is 2.57. The van der Waals surface area contributed by atoms with E-state index in [0.717, 1.165) is 5.70 Å². The Bertz CT molecular complexity index is 242. The van der Waals surface area contributed by atoms with Crippen molar-refractivity contribution in [3.05, 3.63) is 29.8 Å². The van der Waals surface area contributed by atoms with Crippen LogP contribution in [0.5, 0.6) is 0 Å². The Morgan fingerprint density at radius 3 is 2.82 bits per heavy atom. The number of nitrogens with zero attached hydrogens (tertiary/aromatic N) is 1. The van der Waals surface area contributed by atoms with Crippen LogP contribution >= 0.6 is 21.0 Å². The fourth-order valence-electron chi connectivity index (χ4n) is 0.751. The van der Waals surface area contributed by atoms with Crippen molar-refractivity contribution in [2.45, 2.75) is 6.42 Å². The van der Waals surface area contributed by atoms with Crippen LogP contribution in [0.3, 0.4) is 0 Å². The third-order valence-electron chi connectivity index (χ3n) is 1.33. The molecule has 0 bridgehead atoms. The van der Waals surface area contributed by atoms with Crippen LogP contribution in [-0.2, 0) is 0 Å². The van der Waals surface area contributed by atoms with Crippen molar-refractivity contribution in [1.29, 1.82) is 5.41 Å². The summed E-state index contributed by atoms with van der Waals surface area (Å²) in [4.78, 5) is 0. The van der Waals surface area contributed by atoms with Gasteiger partial charge in [-0.3, -0.25) is 0 Å². The van der Waals surface area contributed by atoms with Gasteiger partial charge in [0.15, 0.2) is 0 Å². The highest BCUT2D eigenvalue weighted by Gasteiger charge is 1.99. The average molecular weight is 262 g/mol. The van der Waals surface area contributed by atoms with Crippen molar-refractivity contribution in [3.63, 3.8) is 0 Å². The van der Waals surface area contributed by atoms with Gasteiger partial charge in [0.2, 0.25) is 0 Å². The summed E-state index contributed by atoms with van der Waals surface area (Å²) in [5, 5.41) is 7.26. The van der Waals surface area contributed by atoms with E-state index in [0.29, 0.717) is 12.1 Å². The minimum Gasteiger partial charge on any atom is -0.574 e. The molecule has 0 aromatic carbocycles. The molecule has 0 aliphatic heterocycles. The maximum atomic E-state index is 7.41. The van der Waals surface area contributed by atoms with Crippen molar-refractivity contribution in [2.75, 3.05) is 0 Å². The van der Waals surface area contributed by atoms with Gasteiger partial charge in [0.05, 0.1) is 0 Å². The zero-order chi connectivity index (χ0) is 8.27. The second-order valence-corrected chi connectivity index (χ2v) is 3.74. The zero-order valence-corrected chi connectivity index (χ0v) is 8.13. The number of nitrogens with one attached hydrogen (secondary N) is 2. The molecule has 0 heterocycles. The molecule has 11 heavy (non-hydrogen) atoms. The first-order valence-electron chi connectivity index (χ1n) is 3.09. The van der Waals surface area contributed by atoms with Crippen LogP contribution in [0.25, 0.3) is 5.84 Å². The number of halogens is 1. The highest BCUT2D eigenvalue weighted by molar-refractivity contribution is 14.2. The van der Waals surface area contributed by atoms with Crippen LogP contribution in [0.1, 0.15) is 6.42 Å². The van der Waals surface area contributed by atoms with Gasteiger partial charge in [-0.15, -0.1) is 0 Å². The fraction of sp³-hybridized carbons (Fsp3) is 0.143. The van der Waals surface area contributed by atoms with Gasteiger partial charge >= 0.3 is 0 Å². The molecule has 2 N–H and O–H groups in total. The number of rotatable bonds is 2. The lowest BCUT2D eigenvalue weighted by molar-refractivity contribution is 0.855. The van der Waals surface area contributed by atoms with Crippen LogP contribution in [0.2, 0.25) is 0 Å². The molecular weight excluding hydrogens is 253 g/mol. The van der Waals surface area contributed by atoms with Crippen LogP contribution in [0, 0.1) is 5.41 Å². The highest BCUT2D eigenvalue weighted by Crippen LogP contribution is 2.18. The second-order valence-electron chi connectivity index (χ2n) is 2.09. The summed E-state index contributed by atoms with van der Waals surface area (Å²) in [7, 11) is 0. The molecule has 60 valence electrons. The Kier molecular flexibility index (Phi) is 2.95. The Morgan fingerprint density at radius 2 is 2.36 bits per heavy atom. The Hall–Kier alpha value is -0.490. The van der Waals surface area contributed by atoms with Crippen molar-refractivity contribution in [1.82, 2.24) is 3.22 Å². The lowest BCUT2D eigenvalue weighted by Gasteiger charge is -2.25. The Morgan fingerprint density at radius 1 is 1.64 bits per heavy atom. The second kappa shape index (κ2) is 3.77. The number of hydrogen-bond acceptors (Lipinski definition) is 2. The van der Waals surface area contributed by atoms with Gasteiger partial charge in [-0.1, -0.05) is 10.6 Å². The molecular formula is C7H9IN3-. The van der Waals surface area contributed by atoms with E-state index in [1.54, 1.807) is 12.2 Å². The summed E-state index contributed by atoms with van der Waals surface area (Å²) in [6.07, 6.45) is 6.06. The van der Waals surface area contributed by atoms with E-state index in [-0.39, 0.29) is 0 Å². The Labute approximate surface area is 76.2 Å². The molecule has 1 aliphatic carbocycles. The maximum absolute atomic E-state index is 7.41. The predicted molar refractivity (Wildman–Crippen MR) is 56.9 cm³/mol. The lowest BCUT2D eigenvalue weighted by Crippen LogP contribution is -2.03. The minimum atomic E-state index is -0.435. The van der Waals surface area contributed by atoms with Gasteiger partial charge in [-0.2, -0.15) is 0 Å². The standard InChI is InChI=1S/C7H9IN3/c1-8-11(10)7-4-2-6(9)3-5-7/h2,4-5,9-10H,1,3H2/q-1. The molecule has 0 saturated heterocycles. The normalized spacial score (nSPS) is 16.5. The first-order chi connectivity index (χ1) is 5.24. The zero-order valence-electron chi connectivity index (χ0n) is 5.97. The van der Waals surface area contributed by atoms with Crippen LogP contribution in [-0.4, -0.2) is 13.4 Å². The smallest absolute Gasteiger partial charge is 0.0353 e. The predicted octanol–water partition coefficient (Wildman–Crippen LogP) is 2.44.